The van der Waals surface area contributed by atoms with Gasteiger partial charge in [0.15, 0.2) is 9.41 Å². The largest absolute Gasteiger partial charge is 0.452 e. The lowest BCUT2D eigenvalue weighted by Crippen LogP contribution is -1.91. The van der Waals surface area contributed by atoms with Gasteiger partial charge in [0.1, 0.15) is 16.8 Å². The van der Waals surface area contributed by atoms with E-state index in [1.807, 2.05) is 54.6 Å². The number of hydrogen-bond donors (Lipinski definition) is 0. The second-order valence-electron chi connectivity index (χ2n) is 4.48. The molecule has 4 rings (SSSR count). The minimum Gasteiger partial charge on any atom is -0.452 e. The summed E-state index contributed by atoms with van der Waals surface area (Å²) in [6.45, 7) is 0. The van der Waals surface area contributed by atoms with Crippen molar-refractivity contribution in [3.8, 4) is 11.3 Å². The van der Waals surface area contributed by atoms with Gasteiger partial charge in [0.2, 0.25) is 0 Å². The molecule has 0 aliphatic rings. The first-order valence-electron chi connectivity index (χ1n) is 6.23. The Hall–Kier alpha value is -1.95. The van der Waals surface area contributed by atoms with Crippen LogP contribution in [-0.2, 0) is 0 Å². The van der Waals surface area contributed by atoms with Gasteiger partial charge in [0, 0.05) is 33.5 Å². The molecule has 0 radical (unpaired) electrons. The van der Waals surface area contributed by atoms with Crippen molar-refractivity contribution in [3.63, 3.8) is 0 Å². The van der Waals surface area contributed by atoms with Crippen LogP contribution in [0.2, 0.25) is 0 Å². The fourth-order valence-electron chi connectivity index (χ4n) is 2.36. The lowest BCUT2D eigenvalue weighted by Gasteiger charge is -2.01. The van der Waals surface area contributed by atoms with Crippen molar-refractivity contribution in [1.29, 1.82) is 0 Å². The second-order valence-corrected chi connectivity index (χ2v) is 5.45. The SMILES string of the molecule is Ic1nc(-c2ccccc2)c2oc3ccccc3c2n1. The van der Waals surface area contributed by atoms with E-state index in [0.717, 1.165) is 37.2 Å². The van der Waals surface area contributed by atoms with E-state index in [0.29, 0.717) is 0 Å². The minimum absolute atomic E-state index is 0.723. The first-order valence-corrected chi connectivity index (χ1v) is 7.31. The zero-order valence-electron chi connectivity index (χ0n) is 10.4. The van der Waals surface area contributed by atoms with Crippen molar-refractivity contribution >= 4 is 44.7 Å². The molecule has 0 saturated carbocycles. The molecule has 0 amide bonds. The van der Waals surface area contributed by atoms with Crippen molar-refractivity contribution in [3.05, 3.63) is 58.4 Å². The molecule has 0 atom stereocenters. The zero-order valence-corrected chi connectivity index (χ0v) is 12.5. The highest BCUT2D eigenvalue weighted by atomic mass is 127. The summed E-state index contributed by atoms with van der Waals surface area (Å²) in [7, 11) is 0. The predicted octanol–water partition coefficient (Wildman–Crippen LogP) is 4.65. The number of hydrogen-bond acceptors (Lipinski definition) is 3. The summed E-state index contributed by atoms with van der Waals surface area (Å²) in [4.78, 5) is 9.08. The summed E-state index contributed by atoms with van der Waals surface area (Å²) in [6, 6.07) is 18.0. The predicted molar refractivity (Wildman–Crippen MR) is 87.5 cm³/mol. The second kappa shape index (κ2) is 4.56. The van der Waals surface area contributed by atoms with Gasteiger partial charge < -0.3 is 4.42 Å². The smallest absolute Gasteiger partial charge is 0.192 e. The van der Waals surface area contributed by atoms with E-state index in [1.165, 1.54) is 0 Å². The van der Waals surface area contributed by atoms with Gasteiger partial charge in [-0.1, -0.05) is 42.5 Å². The zero-order chi connectivity index (χ0) is 13.5. The summed E-state index contributed by atoms with van der Waals surface area (Å²) in [5.41, 5.74) is 4.35. The quantitative estimate of drug-likeness (QED) is 0.361. The molecule has 4 aromatic rings. The van der Waals surface area contributed by atoms with E-state index in [-0.39, 0.29) is 0 Å². The summed E-state index contributed by atoms with van der Waals surface area (Å²) >= 11 is 2.15. The fraction of sp³-hybridized carbons (Fsp3) is 0. The molecule has 0 fully saturated rings. The molecule has 0 spiro atoms. The molecule has 2 aromatic carbocycles. The number of furan rings is 1. The molecule has 0 aliphatic carbocycles. The highest BCUT2D eigenvalue weighted by Gasteiger charge is 2.15. The normalized spacial score (nSPS) is 11.2. The van der Waals surface area contributed by atoms with Crippen molar-refractivity contribution in [2.24, 2.45) is 0 Å². The third kappa shape index (κ3) is 1.79. The number of benzene rings is 2. The molecule has 2 heterocycles. The maximum Gasteiger partial charge on any atom is 0.192 e. The maximum atomic E-state index is 5.96. The third-order valence-corrected chi connectivity index (χ3v) is 3.72. The summed E-state index contributed by atoms with van der Waals surface area (Å²) in [5, 5.41) is 1.03. The van der Waals surface area contributed by atoms with Gasteiger partial charge in [0.05, 0.1) is 0 Å². The Morgan fingerprint density at radius 1 is 0.850 bits per heavy atom. The van der Waals surface area contributed by atoms with E-state index < -0.39 is 0 Å². The van der Waals surface area contributed by atoms with Crippen LogP contribution in [0.3, 0.4) is 0 Å². The Bertz CT molecular complexity index is 916. The van der Waals surface area contributed by atoms with Crippen LogP contribution in [0.25, 0.3) is 33.3 Å². The van der Waals surface area contributed by atoms with Crippen LogP contribution in [0, 0.1) is 3.83 Å². The molecule has 3 nitrogen and oxygen atoms in total. The summed E-state index contributed by atoms with van der Waals surface area (Å²) in [5.74, 6) is 0. The van der Waals surface area contributed by atoms with E-state index in [9.17, 15) is 0 Å². The van der Waals surface area contributed by atoms with Gasteiger partial charge in [-0.3, -0.25) is 0 Å². The van der Waals surface area contributed by atoms with Crippen LogP contribution in [0.5, 0.6) is 0 Å². The average Bonchev–Trinajstić information content (AvgIpc) is 2.86. The van der Waals surface area contributed by atoms with Crippen LogP contribution in [-0.4, -0.2) is 9.97 Å². The van der Waals surface area contributed by atoms with Crippen LogP contribution in [0.4, 0.5) is 0 Å². The molecule has 20 heavy (non-hydrogen) atoms. The Labute approximate surface area is 128 Å². The first kappa shape index (κ1) is 11.8. The van der Waals surface area contributed by atoms with E-state index in [4.69, 9.17) is 4.42 Å². The molecule has 0 N–H and O–H groups in total. The lowest BCUT2D eigenvalue weighted by molar-refractivity contribution is 0.666. The lowest BCUT2D eigenvalue weighted by atomic mass is 10.1. The first-order chi connectivity index (χ1) is 9.83. The van der Waals surface area contributed by atoms with Crippen molar-refractivity contribution in [2.75, 3.05) is 0 Å². The van der Waals surface area contributed by atoms with E-state index in [2.05, 4.69) is 32.6 Å². The van der Waals surface area contributed by atoms with Gasteiger partial charge in [0.25, 0.3) is 0 Å². The van der Waals surface area contributed by atoms with Crippen molar-refractivity contribution in [2.45, 2.75) is 0 Å². The van der Waals surface area contributed by atoms with Crippen LogP contribution < -0.4 is 0 Å². The van der Waals surface area contributed by atoms with Crippen molar-refractivity contribution in [1.82, 2.24) is 9.97 Å². The Balaban J connectivity index is 2.16. The Morgan fingerprint density at radius 3 is 2.45 bits per heavy atom. The molecule has 0 saturated heterocycles. The number of rotatable bonds is 1. The molecule has 96 valence electrons. The van der Waals surface area contributed by atoms with Crippen LogP contribution in [0.15, 0.2) is 59.0 Å². The van der Waals surface area contributed by atoms with Gasteiger partial charge in [-0.15, -0.1) is 0 Å². The highest BCUT2D eigenvalue weighted by Crippen LogP contribution is 2.33. The molecule has 2 aromatic heterocycles. The number of aromatic nitrogens is 2. The summed E-state index contributed by atoms with van der Waals surface area (Å²) in [6.07, 6.45) is 0. The number of fused-ring (bicyclic) bond motifs is 3. The number of nitrogens with zero attached hydrogens (tertiary/aromatic N) is 2. The van der Waals surface area contributed by atoms with Gasteiger partial charge >= 0.3 is 0 Å². The number of halogens is 1. The molecular weight excluding hydrogens is 363 g/mol. The third-order valence-electron chi connectivity index (χ3n) is 3.24. The van der Waals surface area contributed by atoms with Crippen LogP contribution >= 0.6 is 22.6 Å². The van der Waals surface area contributed by atoms with Gasteiger partial charge in [-0.05, 0) is 12.1 Å². The van der Waals surface area contributed by atoms with E-state index in [1.54, 1.807) is 0 Å². The number of para-hydroxylation sites is 1. The Morgan fingerprint density at radius 2 is 1.60 bits per heavy atom. The van der Waals surface area contributed by atoms with Gasteiger partial charge in [-0.25, -0.2) is 9.97 Å². The molecular formula is C16H9IN2O. The highest BCUT2D eigenvalue weighted by molar-refractivity contribution is 14.1. The van der Waals surface area contributed by atoms with E-state index >= 15 is 0 Å². The molecule has 0 unspecified atom stereocenters. The Kier molecular flexibility index (Phi) is 2.70. The van der Waals surface area contributed by atoms with Crippen LogP contribution in [0.1, 0.15) is 0 Å². The topological polar surface area (TPSA) is 38.9 Å². The molecule has 4 heteroatoms. The minimum atomic E-state index is 0.723. The molecule has 0 aliphatic heterocycles. The fourth-order valence-corrected chi connectivity index (χ4v) is 2.84. The van der Waals surface area contributed by atoms with Gasteiger partial charge in [-0.2, -0.15) is 0 Å². The maximum absolute atomic E-state index is 5.96. The standard InChI is InChI=1S/C16H9IN2O/c17-16-18-13(10-6-2-1-3-7-10)15-14(19-16)11-8-4-5-9-12(11)20-15/h1-9H. The van der Waals surface area contributed by atoms with Crippen molar-refractivity contribution < 1.29 is 4.42 Å². The summed E-state index contributed by atoms with van der Waals surface area (Å²) < 4.78 is 6.69. The molecule has 0 bridgehead atoms. The monoisotopic (exact) mass is 372 g/mol. The average molecular weight is 372 g/mol.